The Hall–Kier alpha value is -2.89. The standard InChI is InChI=1S/C19H23N3O3/c1-3-14(2)22-17(23)10-12-21-19(24)15-9-11-20-18(13-15)25-16-7-5-4-6-8-16/h4-9,11,13-14H,3,10,12H2,1-2H3,(H,21,24)(H,22,23). The largest absolute Gasteiger partial charge is 0.439 e. The van der Waals surface area contributed by atoms with Gasteiger partial charge in [-0.2, -0.15) is 0 Å². The summed E-state index contributed by atoms with van der Waals surface area (Å²) in [6.07, 6.45) is 2.64. The highest BCUT2D eigenvalue weighted by molar-refractivity contribution is 5.94. The number of ether oxygens (including phenoxy) is 1. The SMILES string of the molecule is CCC(C)NC(=O)CCNC(=O)c1ccnc(Oc2ccccc2)c1. The van der Waals surface area contributed by atoms with Gasteiger partial charge in [0.15, 0.2) is 0 Å². The van der Waals surface area contributed by atoms with Gasteiger partial charge in [-0.15, -0.1) is 0 Å². The van der Waals surface area contributed by atoms with Crippen molar-refractivity contribution in [1.82, 2.24) is 15.6 Å². The molecule has 2 amide bonds. The molecule has 0 spiro atoms. The van der Waals surface area contributed by atoms with Gasteiger partial charge in [0.25, 0.3) is 5.91 Å². The van der Waals surface area contributed by atoms with Crippen LogP contribution in [0.1, 0.15) is 37.0 Å². The molecule has 25 heavy (non-hydrogen) atoms. The van der Waals surface area contributed by atoms with E-state index >= 15 is 0 Å². The van der Waals surface area contributed by atoms with Crippen molar-refractivity contribution in [2.24, 2.45) is 0 Å². The summed E-state index contributed by atoms with van der Waals surface area (Å²) in [5.41, 5.74) is 0.434. The van der Waals surface area contributed by atoms with E-state index < -0.39 is 0 Å². The van der Waals surface area contributed by atoms with Gasteiger partial charge in [-0.05, 0) is 31.5 Å². The number of amides is 2. The molecule has 2 aromatic rings. The lowest BCUT2D eigenvalue weighted by molar-refractivity contribution is -0.121. The third kappa shape index (κ3) is 6.25. The molecule has 0 saturated heterocycles. The molecule has 132 valence electrons. The second kappa shape index (κ2) is 9.42. The molecule has 1 aromatic heterocycles. The summed E-state index contributed by atoms with van der Waals surface area (Å²) in [4.78, 5) is 28.0. The zero-order valence-corrected chi connectivity index (χ0v) is 14.5. The third-order valence-electron chi connectivity index (χ3n) is 3.62. The summed E-state index contributed by atoms with van der Waals surface area (Å²) >= 11 is 0. The average molecular weight is 341 g/mol. The molecule has 0 radical (unpaired) electrons. The van der Waals surface area contributed by atoms with Gasteiger partial charge in [-0.3, -0.25) is 9.59 Å². The molecule has 6 nitrogen and oxygen atoms in total. The Morgan fingerprint density at radius 2 is 1.96 bits per heavy atom. The van der Waals surface area contributed by atoms with Gasteiger partial charge in [0.2, 0.25) is 11.8 Å². The van der Waals surface area contributed by atoms with E-state index in [9.17, 15) is 9.59 Å². The predicted molar refractivity (Wildman–Crippen MR) is 95.6 cm³/mol. The zero-order chi connectivity index (χ0) is 18.1. The maximum Gasteiger partial charge on any atom is 0.251 e. The number of nitrogens with one attached hydrogen (secondary N) is 2. The van der Waals surface area contributed by atoms with E-state index in [2.05, 4.69) is 15.6 Å². The van der Waals surface area contributed by atoms with Crippen molar-refractivity contribution in [2.45, 2.75) is 32.7 Å². The monoisotopic (exact) mass is 341 g/mol. The first-order valence-corrected chi connectivity index (χ1v) is 8.35. The average Bonchev–Trinajstić information content (AvgIpc) is 2.62. The molecule has 0 fully saturated rings. The lowest BCUT2D eigenvalue weighted by Crippen LogP contribution is -2.35. The Labute approximate surface area is 147 Å². The summed E-state index contributed by atoms with van der Waals surface area (Å²) in [7, 11) is 0. The molecule has 6 heteroatoms. The minimum atomic E-state index is -0.267. The molecule has 1 atom stereocenters. The number of aromatic nitrogens is 1. The Bertz CT molecular complexity index is 704. The maximum atomic E-state index is 12.2. The first-order chi connectivity index (χ1) is 12.1. The summed E-state index contributed by atoms with van der Waals surface area (Å²) in [5, 5.41) is 5.59. The smallest absolute Gasteiger partial charge is 0.251 e. The van der Waals surface area contributed by atoms with Crippen molar-refractivity contribution in [3.05, 3.63) is 54.2 Å². The number of pyridine rings is 1. The highest BCUT2D eigenvalue weighted by atomic mass is 16.5. The van der Waals surface area contributed by atoms with Crippen LogP contribution in [0, 0.1) is 0 Å². The van der Waals surface area contributed by atoms with Crippen LogP contribution >= 0.6 is 0 Å². The molecule has 2 N–H and O–H groups in total. The molecule has 1 unspecified atom stereocenters. The van der Waals surface area contributed by atoms with Crippen molar-refractivity contribution >= 4 is 11.8 Å². The first-order valence-electron chi connectivity index (χ1n) is 8.35. The summed E-state index contributed by atoms with van der Waals surface area (Å²) in [6, 6.07) is 12.5. The Kier molecular flexibility index (Phi) is 6.95. The van der Waals surface area contributed by atoms with Crippen LogP contribution < -0.4 is 15.4 Å². The summed E-state index contributed by atoms with van der Waals surface area (Å²) in [5.74, 6) is 0.650. The molecule has 0 aliphatic heterocycles. The van der Waals surface area contributed by atoms with Crippen LogP contribution in [0.2, 0.25) is 0 Å². The lowest BCUT2D eigenvalue weighted by Gasteiger charge is -2.11. The Balaban J connectivity index is 1.85. The van der Waals surface area contributed by atoms with E-state index in [1.807, 2.05) is 44.2 Å². The van der Waals surface area contributed by atoms with Gasteiger partial charge in [0, 0.05) is 36.8 Å². The molecular formula is C19H23N3O3. The zero-order valence-electron chi connectivity index (χ0n) is 14.5. The van der Waals surface area contributed by atoms with Crippen molar-refractivity contribution in [2.75, 3.05) is 6.54 Å². The number of carbonyl (C=O) groups excluding carboxylic acids is 2. The molecule has 1 aromatic carbocycles. The number of nitrogens with zero attached hydrogens (tertiary/aromatic N) is 1. The van der Waals surface area contributed by atoms with Crippen molar-refractivity contribution in [3.63, 3.8) is 0 Å². The summed E-state index contributed by atoms with van der Waals surface area (Å²) in [6.45, 7) is 4.23. The Morgan fingerprint density at radius 3 is 2.68 bits per heavy atom. The fourth-order valence-electron chi connectivity index (χ4n) is 2.06. The van der Waals surface area contributed by atoms with Crippen molar-refractivity contribution in [3.8, 4) is 11.6 Å². The van der Waals surface area contributed by atoms with E-state index in [0.717, 1.165) is 6.42 Å². The van der Waals surface area contributed by atoms with Gasteiger partial charge in [-0.1, -0.05) is 25.1 Å². The highest BCUT2D eigenvalue weighted by Crippen LogP contribution is 2.19. The van der Waals surface area contributed by atoms with E-state index in [4.69, 9.17) is 4.74 Å². The van der Waals surface area contributed by atoms with E-state index in [1.165, 1.54) is 6.20 Å². The normalized spacial score (nSPS) is 11.4. The van der Waals surface area contributed by atoms with Crippen LogP contribution in [0.25, 0.3) is 0 Å². The quantitative estimate of drug-likeness (QED) is 0.774. The van der Waals surface area contributed by atoms with Gasteiger partial charge in [0.05, 0.1) is 0 Å². The number of hydrogen-bond donors (Lipinski definition) is 2. The number of hydrogen-bond acceptors (Lipinski definition) is 4. The summed E-state index contributed by atoms with van der Waals surface area (Å²) < 4.78 is 5.61. The van der Waals surface area contributed by atoms with E-state index in [-0.39, 0.29) is 30.8 Å². The minimum absolute atomic E-state index is 0.0718. The molecule has 1 heterocycles. The second-order valence-electron chi connectivity index (χ2n) is 5.68. The number of rotatable bonds is 8. The predicted octanol–water partition coefficient (Wildman–Crippen LogP) is 2.91. The topological polar surface area (TPSA) is 80.3 Å². The molecule has 0 aliphatic rings. The first kappa shape index (κ1) is 18.4. The van der Waals surface area contributed by atoms with Crippen LogP contribution in [0.4, 0.5) is 0 Å². The molecular weight excluding hydrogens is 318 g/mol. The highest BCUT2D eigenvalue weighted by Gasteiger charge is 2.10. The third-order valence-corrected chi connectivity index (χ3v) is 3.62. The van der Waals surface area contributed by atoms with Crippen LogP contribution in [-0.2, 0) is 4.79 Å². The minimum Gasteiger partial charge on any atom is -0.439 e. The number of para-hydroxylation sites is 1. The molecule has 0 bridgehead atoms. The van der Waals surface area contributed by atoms with Crippen molar-refractivity contribution < 1.29 is 14.3 Å². The van der Waals surface area contributed by atoms with Gasteiger partial charge >= 0.3 is 0 Å². The fourth-order valence-corrected chi connectivity index (χ4v) is 2.06. The van der Waals surface area contributed by atoms with E-state index in [0.29, 0.717) is 17.2 Å². The molecule has 2 rings (SSSR count). The Morgan fingerprint density at radius 1 is 1.20 bits per heavy atom. The van der Waals surface area contributed by atoms with Crippen LogP contribution in [-0.4, -0.2) is 29.4 Å². The van der Waals surface area contributed by atoms with E-state index in [1.54, 1.807) is 12.1 Å². The van der Waals surface area contributed by atoms with Gasteiger partial charge in [-0.25, -0.2) is 4.98 Å². The van der Waals surface area contributed by atoms with Gasteiger partial charge in [0.1, 0.15) is 5.75 Å². The molecule has 0 saturated carbocycles. The molecule has 0 aliphatic carbocycles. The lowest BCUT2D eigenvalue weighted by atomic mass is 10.2. The maximum absolute atomic E-state index is 12.2. The van der Waals surface area contributed by atoms with Crippen molar-refractivity contribution in [1.29, 1.82) is 0 Å². The second-order valence-corrected chi connectivity index (χ2v) is 5.68. The van der Waals surface area contributed by atoms with Crippen LogP contribution in [0.3, 0.4) is 0 Å². The number of carbonyl (C=O) groups is 2. The van der Waals surface area contributed by atoms with Crippen LogP contribution in [0.15, 0.2) is 48.7 Å². The van der Waals surface area contributed by atoms with Gasteiger partial charge < -0.3 is 15.4 Å². The van der Waals surface area contributed by atoms with Crippen LogP contribution in [0.5, 0.6) is 11.6 Å². The fraction of sp³-hybridized carbons (Fsp3) is 0.316. The number of benzene rings is 1.